The number of hydrogen-bond acceptors (Lipinski definition) is 2. The average molecular weight is 219 g/mol. The van der Waals surface area contributed by atoms with Gasteiger partial charge in [0.25, 0.3) is 0 Å². The molecule has 1 saturated heterocycles. The van der Waals surface area contributed by atoms with Gasteiger partial charge >= 0.3 is 0 Å². The van der Waals surface area contributed by atoms with E-state index >= 15 is 0 Å². The van der Waals surface area contributed by atoms with Crippen molar-refractivity contribution < 1.29 is 4.74 Å². The van der Waals surface area contributed by atoms with E-state index in [1.807, 2.05) is 0 Å². The second-order valence-electron chi connectivity index (χ2n) is 4.96. The van der Waals surface area contributed by atoms with Gasteiger partial charge in [-0.15, -0.1) is 0 Å². The third-order valence-electron chi connectivity index (χ3n) is 3.67. The lowest BCUT2D eigenvalue weighted by Gasteiger charge is -2.37. The molecule has 0 radical (unpaired) electrons. The molecule has 2 N–H and O–H groups in total. The minimum absolute atomic E-state index is 0.0516. The molecule has 2 nitrogen and oxygen atoms in total. The van der Waals surface area contributed by atoms with Gasteiger partial charge in [-0.25, -0.2) is 0 Å². The van der Waals surface area contributed by atoms with Crippen LogP contribution in [-0.2, 0) is 10.2 Å². The first kappa shape index (κ1) is 11.6. The topological polar surface area (TPSA) is 35.2 Å². The zero-order valence-corrected chi connectivity index (χ0v) is 10.3. The molecule has 1 aliphatic heterocycles. The van der Waals surface area contributed by atoms with Gasteiger partial charge in [-0.05, 0) is 37.8 Å². The first-order valence-electron chi connectivity index (χ1n) is 6.03. The Hall–Kier alpha value is -0.860. The molecule has 88 valence electrons. The van der Waals surface area contributed by atoms with Crippen LogP contribution in [0.1, 0.15) is 29.5 Å². The number of rotatable bonds is 2. The van der Waals surface area contributed by atoms with Crippen LogP contribution in [0.25, 0.3) is 0 Å². The minimum Gasteiger partial charge on any atom is -0.380 e. The Morgan fingerprint density at radius 3 is 2.75 bits per heavy atom. The van der Waals surface area contributed by atoms with E-state index in [1.165, 1.54) is 16.7 Å². The molecule has 1 unspecified atom stereocenters. The second-order valence-corrected chi connectivity index (χ2v) is 4.96. The molecule has 2 heteroatoms. The predicted molar refractivity (Wildman–Crippen MR) is 66.7 cm³/mol. The van der Waals surface area contributed by atoms with Crippen molar-refractivity contribution in [2.45, 2.75) is 32.1 Å². The van der Waals surface area contributed by atoms with E-state index in [2.05, 4.69) is 32.0 Å². The van der Waals surface area contributed by atoms with Crippen LogP contribution in [0.15, 0.2) is 18.2 Å². The van der Waals surface area contributed by atoms with Crippen molar-refractivity contribution in [3.05, 3.63) is 34.9 Å². The lowest BCUT2D eigenvalue weighted by Crippen LogP contribution is -2.43. The van der Waals surface area contributed by atoms with E-state index < -0.39 is 0 Å². The molecule has 0 aromatic heterocycles. The van der Waals surface area contributed by atoms with Crippen molar-refractivity contribution in [1.82, 2.24) is 0 Å². The maximum Gasteiger partial charge on any atom is 0.0575 e. The molecule has 1 atom stereocenters. The van der Waals surface area contributed by atoms with E-state index in [0.717, 1.165) is 26.1 Å². The van der Waals surface area contributed by atoms with E-state index in [-0.39, 0.29) is 5.41 Å². The van der Waals surface area contributed by atoms with E-state index in [1.54, 1.807) is 0 Å². The van der Waals surface area contributed by atoms with Gasteiger partial charge in [-0.3, -0.25) is 0 Å². The predicted octanol–water partition coefficient (Wildman–Crippen LogP) is 2.31. The summed E-state index contributed by atoms with van der Waals surface area (Å²) in [6, 6.07) is 6.64. The Balaban J connectivity index is 2.39. The molecular weight excluding hydrogens is 198 g/mol. The van der Waals surface area contributed by atoms with E-state index in [0.29, 0.717) is 6.54 Å². The largest absolute Gasteiger partial charge is 0.380 e. The summed E-state index contributed by atoms with van der Waals surface area (Å²) in [5, 5.41) is 0. The molecule has 1 heterocycles. The van der Waals surface area contributed by atoms with Gasteiger partial charge in [0, 0.05) is 18.6 Å². The molecule has 1 aromatic carbocycles. The zero-order chi connectivity index (χ0) is 11.6. The summed E-state index contributed by atoms with van der Waals surface area (Å²) in [6.45, 7) is 6.63. The lowest BCUT2D eigenvalue weighted by molar-refractivity contribution is 0.0374. The van der Waals surface area contributed by atoms with Gasteiger partial charge in [0.15, 0.2) is 0 Å². The summed E-state index contributed by atoms with van der Waals surface area (Å²) in [4.78, 5) is 0. The fraction of sp³-hybridized carbons (Fsp3) is 0.571. The van der Waals surface area contributed by atoms with Gasteiger partial charge < -0.3 is 10.5 Å². The summed E-state index contributed by atoms with van der Waals surface area (Å²) in [5.74, 6) is 0. The molecule has 16 heavy (non-hydrogen) atoms. The first-order valence-corrected chi connectivity index (χ1v) is 6.03. The molecule has 0 aliphatic carbocycles. The van der Waals surface area contributed by atoms with Crippen molar-refractivity contribution >= 4 is 0 Å². The van der Waals surface area contributed by atoms with Gasteiger partial charge in [0.2, 0.25) is 0 Å². The maximum absolute atomic E-state index is 6.00. The van der Waals surface area contributed by atoms with Crippen LogP contribution in [0.2, 0.25) is 0 Å². The van der Waals surface area contributed by atoms with Gasteiger partial charge in [0.1, 0.15) is 0 Å². The minimum atomic E-state index is 0.0516. The van der Waals surface area contributed by atoms with Crippen molar-refractivity contribution in [3.63, 3.8) is 0 Å². The molecule has 0 spiro atoms. The summed E-state index contributed by atoms with van der Waals surface area (Å²) >= 11 is 0. The van der Waals surface area contributed by atoms with Crippen molar-refractivity contribution in [2.24, 2.45) is 5.73 Å². The third kappa shape index (κ3) is 2.00. The molecule has 1 aromatic rings. The number of benzene rings is 1. The fourth-order valence-electron chi connectivity index (χ4n) is 2.74. The van der Waals surface area contributed by atoms with Crippen LogP contribution >= 0.6 is 0 Å². The van der Waals surface area contributed by atoms with Gasteiger partial charge in [-0.1, -0.05) is 23.8 Å². The smallest absolute Gasteiger partial charge is 0.0575 e. The molecule has 2 rings (SSSR count). The van der Waals surface area contributed by atoms with Crippen LogP contribution in [0.3, 0.4) is 0 Å². The van der Waals surface area contributed by atoms with Crippen molar-refractivity contribution in [3.8, 4) is 0 Å². The number of hydrogen-bond donors (Lipinski definition) is 1. The number of aryl methyl sites for hydroxylation is 2. The van der Waals surface area contributed by atoms with Gasteiger partial charge in [0.05, 0.1) is 6.61 Å². The van der Waals surface area contributed by atoms with Crippen LogP contribution in [0, 0.1) is 13.8 Å². The molecular formula is C14H21NO. The molecule has 1 fully saturated rings. The standard InChI is InChI=1S/C14H21NO/c1-11-4-5-13(12(2)8-11)14(9-15)6-3-7-16-10-14/h4-5,8H,3,6-7,9-10,15H2,1-2H3. The normalized spacial score (nSPS) is 25.7. The Morgan fingerprint density at radius 2 is 2.19 bits per heavy atom. The fourth-order valence-corrected chi connectivity index (χ4v) is 2.74. The highest BCUT2D eigenvalue weighted by Crippen LogP contribution is 2.34. The Bertz CT molecular complexity index is 367. The van der Waals surface area contributed by atoms with Crippen LogP contribution in [0.4, 0.5) is 0 Å². The summed E-state index contributed by atoms with van der Waals surface area (Å²) in [5.41, 5.74) is 10.1. The molecule has 0 bridgehead atoms. The van der Waals surface area contributed by atoms with Crippen molar-refractivity contribution in [2.75, 3.05) is 19.8 Å². The molecule has 0 saturated carbocycles. The van der Waals surface area contributed by atoms with Crippen LogP contribution < -0.4 is 5.73 Å². The Kier molecular flexibility index (Phi) is 3.31. The Labute approximate surface area is 97.8 Å². The SMILES string of the molecule is Cc1ccc(C2(CN)CCCOC2)c(C)c1. The molecule has 1 aliphatic rings. The molecule has 0 amide bonds. The van der Waals surface area contributed by atoms with Crippen LogP contribution in [-0.4, -0.2) is 19.8 Å². The highest BCUT2D eigenvalue weighted by atomic mass is 16.5. The number of ether oxygens (including phenoxy) is 1. The van der Waals surface area contributed by atoms with Crippen LogP contribution in [0.5, 0.6) is 0 Å². The highest BCUT2D eigenvalue weighted by molar-refractivity contribution is 5.37. The third-order valence-corrected chi connectivity index (χ3v) is 3.67. The maximum atomic E-state index is 6.00. The average Bonchev–Trinajstić information content (AvgIpc) is 2.30. The van der Waals surface area contributed by atoms with Gasteiger partial charge in [-0.2, -0.15) is 0 Å². The zero-order valence-electron chi connectivity index (χ0n) is 10.3. The lowest BCUT2D eigenvalue weighted by atomic mass is 9.74. The van der Waals surface area contributed by atoms with E-state index in [9.17, 15) is 0 Å². The highest BCUT2D eigenvalue weighted by Gasteiger charge is 2.34. The van der Waals surface area contributed by atoms with Crippen molar-refractivity contribution in [1.29, 1.82) is 0 Å². The summed E-state index contributed by atoms with van der Waals surface area (Å²) in [7, 11) is 0. The Morgan fingerprint density at radius 1 is 1.38 bits per heavy atom. The number of nitrogens with two attached hydrogens (primary N) is 1. The quantitative estimate of drug-likeness (QED) is 0.828. The summed E-state index contributed by atoms with van der Waals surface area (Å²) < 4.78 is 5.64. The van der Waals surface area contributed by atoms with E-state index in [4.69, 9.17) is 10.5 Å². The monoisotopic (exact) mass is 219 g/mol. The first-order chi connectivity index (χ1) is 7.68. The second kappa shape index (κ2) is 4.56. The summed E-state index contributed by atoms with van der Waals surface area (Å²) in [6.07, 6.45) is 2.26.